The van der Waals surface area contributed by atoms with Gasteiger partial charge in [-0.3, -0.25) is 4.79 Å². The number of hydrogen-bond donors (Lipinski definition) is 2. The monoisotopic (exact) mass is 367 g/mol. The number of carboxylic acids is 1. The molecule has 0 atom stereocenters. The van der Waals surface area contributed by atoms with Gasteiger partial charge in [-0.25, -0.2) is 13.1 Å². The number of carboxylic acid groups (broad SMARTS) is 1. The van der Waals surface area contributed by atoms with Gasteiger partial charge in [0.25, 0.3) is 0 Å². The summed E-state index contributed by atoms with van der Waals surface area (Å²) in [5.41, 5.74) is 1.91. The van der Waals surface area contributed by atoms with E-state index in [0.29, 0.717) is 12.8 Å². The van der Waals surface area contributed by atoms with Crippen molar-refractivity contribution in [3.8, 4) is 0 Å². The number of carbonyl (C=O) groups is 1. The summed E-state index contributed by atoms with van der Waals surface area (Å²) in [6.45, 7) is 0.252. The molecule has 0 heterocycles. The highest BCUT2D eigenvalue weighted by Crippen LogP contribution is 2.20. The Balaban J connectivity index is 1.90. The van der Waals surface area contributed by atoms with Gasteiger partial charge in [0.05, 0.1) is 5.02 Å². The van der Waals surface area contributed by atoms with Crippen LogP contribution in [0.4, 0.5) is 0 Å². The molecule has 0 aromatic heterocycles. The summed E-state index contributed by atoms with van der Waals surface area (Å²) in [6.07, 6.45) is 1.11. The third kappa shape index (κ3) is 5.33. The van der Waals surface area contributed by atoms with E-state index in [1.807, 2.05) is 24.3 Å². The van der Waals surface area contributed by atoms with E-state index < -0.39 is 16.0 Å². The van der Waals surface area contributed by atoms with Crippen LogP contribution in [0.25, 0.3) is 0 Å². The number of sulfonamides is 1. The zero-order valence-electron chi connectivity index (χ0n) is 12.9. The van der Waals surface area contributed by atoms with Gasteiger partial charge in [-0.1, -0.05) is 48.0 Å². The third-order valence-corrected chi connectivity index (χ3v) is 5.44. The number of hydrogen-bond acceptors (Lipinski definition) is 3. The molecule has 0 aliphatic rings. The minimum absolute atomic E-state index is 0.0654. The van der Waals surface area contributed by atoms with Crippen molar-refractivity contribution in [1.82, 2.24) is 4.72 Å². The summed E-state index contributed by atoms with van der Waals surface area (Å²) in [5, 5.41) is 8.85. The molecule has 0 amide bonds. The van der Waals surface area contributed by atoms with Crippen molar-refractivity contribution in [2.45, 2.75) is 24.2 Å². The van der Waals surface area contributed by atoms with E-state index in [4.69, 9.17) is 16.7 Å². The molecule has 0 unspecified atom stereocenters. The van der Waals surface area contributed by atoms with E-state index in [-0.39, 0.29) is 22.9 Å². The second-order valence-corrected chi connectivity index (χ2v) is 7.43. The van der Waals surface area contributed by atoms with Crippen LogP contribution in [0.3, 0.4) is 0 Å². The van der Waals surface area contributed by atoms with Crippen molar-refractivity contribution >= 4 is 27.6 Å². The lowest BCUT2D eigenvalue weighted by atomic mass is 10.1. The van der Waals surface area contributed by atoms with Crippen molar-refractivity contribution in [3.05, 3.63) is 64.7 Å². The predicted molar refractivity (Wildman–Crippen MR) is 92.7 cm³/mol. The first-order valence-electron chi connectivity index (χ1n) is 7.42. The van der Waals surface area contributed by atoms with Gasteiger partial charge >= 0.3 is 5.97 Å². The van der Waals surface area contributed by atoms with Crippen LogP contribution in [-0.2, 0) is 27.7 Å². The minimum Gasteiger partial charge on any atom is -0.481 e. The maximum atomic E-state index is 12.2. The van der Waals surface area contributed by atoms with Crippen LogP contribution in [0, 0.1) is 0 Å². The highest BCUT2D eigenvalue weighted by atomic mass is 35.5. The number of aryl methyl sites for hydroxylation is 1. The summed E-state index contributed by atoms with van der Waals surface area (Å²) in [6, 6.07) is 13.8. The Morgan fingerprint density at radius 2 is 1.58 bits per heavy atom. The van der Waals surface area contributed by atoms with Crippen LogP contribution in [0.2, 0.25) is 5.02 Å². The Kier molecular flexibility index (Phi) is 6.36. The highest BCUT2D eigenvalue weighted by molar-refractivity contribution is 7.89. The minimum atomic E-state index is -3.63. The van der Waals surface area contributed by atoms with Gasteiger partial charge in [-0.2, -0.15) is 0 Å². The molecule has 0 aliphatic carbocycles. The van der Waals surface area contributed by atoms with Crippen molar-refractivity contribution in [2.24, 2.45) is 0 Å². The molecule has 0 aliphatic heterocycles. The highest BCUT2D eigenvalue weighted by Gasteiger charge is 2.16. The first kappa shape index (κ1) is 18.4. The first-order chi connectivity index (χ1) is 11.4. The maximum Gasteiger partial charge on any atom is 0.303 e. The summed E-state index contributed by atoms with van der Waals surface area (Å²) >= 11 is 5.91. The molecular weight excluding hydrogens is 350 g/mol. The number of nitrogens with one attached hydrogen (secondary N) is 1. The molecule has 0 saturated carbocycles. The molecular formula is C17H18ClNO4S. The molecule has 2 N–H and O–H groups in total. The van der Waals surface area contributed by atoms with Crippen LogP contribution in [0.15, 0.2) is 53.4 Å². The molecule has 2 aromatic carbocycles. The fourth-order valence-electron chi connectivity index (χ4n) is 2.19. The Morgan fingerprint density at radius 1 is 1.00 bits per heavy atom. The molecule has 0 radical (unpaired) electrons. The third-order valence-electron chi connectivity index (χ3n) is 3.48. The zero-order chi connectivity index (χ0) is 17.6. The van der Waals surface area contributed by atoms with Gasteiger partial charge in [0.2, 0.25) is 10.0 Å². The second-order valence-electron chi connectivity index (χ2n) is 5.29. The van der Waals surface area contributed by atoms with Gasteiger partial charge in [0.15, 0.2) is 0 Å². The van der Waals surface area contributed by atoms with Crippen molar-refractivity contribution in [1.29, 1.82) is 0 Å². The predicted octanol–water partition coefficient (Wildman–Crippen LogP) is 2.88. The Labute approximate surface area is 146 Å². The van der Waals surface area contributed by atoms with E-state index in [0.717, 1.165) is 11.1 Å². The maximum absolute atomic E-state index is 12.2. The smallest absolute Gasteiger partial charge is 0.303 e. The molecule has 0 fully saturated rings. The molecule has 24 heavy (non-hydrogen) atoms. The summed E-state index contributed by atoms with van der Waals surface area (Å²) in [7, 11) is -3.63. The summed E-state index contributed by atoms with van der Waals surface area (Å²) in [5.74, 6) is -0.826. The number of rotatable bonds is 8. The van der Waals surface area contributed by atoms with Crippen LogP contribution >= 0.6 is 11.6 Å². The largest absolute Gasteiger partial charge is 0.481 e. The van der Waals surface area contributed by atoms with E-state index in [1.165, 1.54) is 12.1 Å². The van der Waals surface area contributed by atoms with E-state index >= 15 is 0 Å². The fraction of sp³-hybridized carbons (Fsp3) is 0.235. The average Bonchev–Trinajstić information content (AvgIpc) is 2.54. The molecule has 0 bridgehead atoms. The summed E-state index contributed by atoms with van der Waals surface area (Å²) < 4.78 is 26.9. The lowest BCUT2D eigenvalue weighted by Crippen LogP contribution is -2.26. The van der Waals surface area contributed by atoms with Crippen LogP contribution in [-0.4, -0.2) is 26.0 Å². The zero-order valence-corrected chi connectivity index (χ0v) is 14.5. The summed E-state index contributed by atoms with van der Waals surface area (Å²) in [4.78, 5) is 10.6. The molecule has 0 saturated heterocycles. The molecule has 2 rings (SSSR count). The van der Waals surface area contributed by atoms with Crippen LogP contribution in [0.1, 0.15) is 17.5 Å². The van der Waals surface area contributed by atoms with Crippen molar-refractivity contribution < 1.29 is 18.3 Å². The van der Waals surface area contributed by atoms with Crippen LogP contribution in [0.5, 0.6) is 0 Å². The quantitative estimate of drug-likeness (QED) is 0.751. The Bertz CT molecular complexity index is 804. The average molecular weight is 368 g/mol. The van der Waals surface area contributed by atoms with Crippen molar-refractivity contribution in [3.63, 3.8) is 0 Å². The molecule has 0 spiro atoms. The van der Waals surface area contributed by atoms with Gasteiger partial charge in [-0.15, -0.1) is 0 Å². The lowest BCUT2D eigenvalue weighted by Gasteiger charge is -2.08. The lowest BCUT2D eigenvalue weighted by molar-refractivity contribution is -0.136. The number of benzene rings is 2. The number of aliphatic carboxylic acids is 1. The SMILES string of the molecule is O=C(O)CCc1ccc(CCNS(=O)(=O)c2ccccc2Cl)cc1. The first-order valence-corrected chi connectivity index (χ1v) is 9.28. The van der Waals surface area contributed by atoms with Gasteiger partial charge in [-0.05, 0) is 36.1 Å². The molecule has 2 aromatic rings. The van der Waals surface area contributed by atoms with Gasteiger partial charge in [0, 0.05) is 13.0 Å². The second kappa shape index (κ2) is 8.28. The fourth-order valence-corrected chi connectivity index (χ4v) is 3.74. The van der Waals surface area contributed by atoms with E-state index in [9.17, 15) is 13.2 Å². The normalized spacial score (nSPS) is 11.4. The van der Waals surface area contributed by atoms with E-state index in [2.05, 4.69) is 4.72 Å². The topological polar surface area (TPSA) is 83.5 Å². The standard InChI is InChI=1S/C17H18ClNO4S/c18-15-3-1-2-4-16(15)24(22,23)19-12-11-14-7-5-13(6-8-14)9-10-17(20)21/h1-8,19H,9-12H2,(H,20,21). The Morgan fingerprint density at radius 3 is 2.17 bits per heavy atom. The van der Waals surface area contributed by atoms with E-state index in [1.54, 1.807) is 12.1 Å². The van der Waals surface area contributed by atoms with Crippen molar-refractivity contribution in [2.75, 3.05) is 6.54 Å². The van der Waals surface area contributed by atoms with Gasteiger partial charge < -0.3 is 5.11 Å². The Hall–Kier alpha value is -1.89. The molecule has 7 heteroatoms. The molecule has 128 valence electrons. The molecule has 5 nitrogen and oxygen atoms in total. The number of halogens is 1. The van der Waals surface area contributed by atoms with Gasteiger partial charge in [0.1, 0.15) is 4.90 Å². The van der Waals surface area contributed by atoms with Crippen LogP contribution < -0.4 is 4.72 Å².